The maximum absolute atomic E-state index is 9.63. The van der Waals surface area contributed by atoms with Crippen molar-refractivity contribution in [3.63, 3.8) is 0 Å². The van der Waals surface area contributed by atoms with Crippen LogP contribution < -0.4 is 0 Å². The molecule has 0 radical (unpaired) electrons. The summed E-state index contributed by atoms with van der Waals surface area (Å²) < 4.78 is 1.46. The second kappa shape index (κ2) is 3.35. The Morgan fingerprint density at radius 3 is 2.43 bits per heavy atom. The fourth-order valence-electron chi connectivity index (χ4n) is 1.20. The highest BCUT2D eigenvalue weighted by Crippen LogP contribution is 2.21. The fraction of sp³-hybridized carbons (Fsp3) is 0.100. The predicted molar refractivity (Wildman–Crippen MR) is 55.0 cm³/mol. The molecule has 72 valence electrons. The minimum Gasteiger partial charge on any atom is -0.493 e. The fourth-order valence-corrected chi connectivity index (χ4v) is 1.32. The molecule has 1 heterocycles. The van der Waals surface area contributed by atoms with Gasteiger partial charge < -0.3 is 5.11 Å². The number of hydrogen-bond donors (Lipinski definition) is 1. The van der Waals surface area contributed by atoms with Gasteiger partial charge in [-0.15, -0.1) is 0 Å². The predicted octanol–water partition coefficient (Wildman–Crippen LogP) is 2.54. The summed E-state index contributed by atoms with van der Waals surface area (Å²) in [5.41, 5.74) is 1.54. The Kier molecular flexibility index (Phi) is 2.17. The first-order valence-corrected chi connectivity index (χ1v) is 4.56. The van der Waals surface area contributed by atoms with E-state index < -0.39 is 0 Å². The summed E-state index contributed by atoms with van der Waals surface area (Å²) in [5.74, 6) is 0.160. The summed E-state index contributed by atoms with van der Waals surface area (Å²) in [6, 6.07) is 7.11. The maximum Gasteiger partial charge on any atom is 0.217 e. The number of aromatic nitrogens is 2. The third-order valence-electron chi connectivity index (χ3n) is 1.99. The molecule has 3 nitrogen and oxygen atoms in total. The molecule has 1 aromatic heterocycles. The van der Waals surface area contributed by atoms with Crippen molar-refractivity contribution >= 4 is 11.6 Å². The molecule has 4 heteroatoms. The standard InChI is InChI=1S/C10H9ClN2O/c1-7-6-12-13(10(7)14)9-4-2-8(11)3-5-9/h2-6,14H,1H3. The minimum atomic E-state index is 0.160. The van der Waals surface area contributed by atoms with Crippen LogP contribution in [0.5, 0.6) is 5.88 Å². The van der Waals surface area contributed by atoms with E-state index in [0.29, 0.717) is 5.02 Å². The van der Waals surface area contributed by atoms with Crippen LogP contribution in [0.25, 0.3) is 5.69 Å². The first-order chi connectivity index (χ1) is 6.68. The molecule has 0 unspecified atom stereocenters. The summed E-state index contributed by atoms with van der Waals surface area (Å²) >= 11 is 5.75. The zero-order valence-corrected chi connectivity index (χ0v) is 8.36. The number of aromatic hydroxyl groups is 1. The van der Waals surface area contributed by atoms with Crippen molar-refractivity contribution in [2.24, 2.45) is 0 Å². The van der Waals surface area contributed by atoms with E-state index in [1.807, 2.05) is 0 Å². The SMILES string of the molecule is Cc1cnn(-c2ccc(Cl)cc2)c1O. The van der Waals surface area contributed by atoms with Crippen LogP contribution >= 0.6 is 11.6 Å². The van der Waals surface area contributed by atoms with Crippen LogP contribution in [0.3, 0.4) is 0 Å². The van der Waals surface area contributed by atoms with Gasteiger partial charge in [0.05, 0.1) is 11.9 Å². The molecule has 0 aliphatic carbocycles. The second-order valence-electron chi connectivity index (χ2n) is 3.04. The molecule has 2 rings (SSSR count). The highest BCUT2D eigenvalue weighted by atomic mass is 35.5. The molecule has 0 saturated heterocycles. The molecule has 0 saturated carbocycles. The average Bonchev–Trinajstić information content (AvgIpc) is 2.50. The molecule has 1 aromatic carbocycles. The molecule has 0 amide bonds. The van der Waals surface area contributed by atoms with Gasteiger partial charge in [-0.1, -0.05) is 11.6 Å². The van der Waals surface area contributed by atoms with Crippen molar-refractivity contribution in [3.8, 4) is 11.6 Å². The largest absolute Gasteiger partial charge is 0.493 e. The molecule has 1 N–H and O–H groups in total. The molecular formula is C10H9ClN2O. The molecule has 0 bridgehead atoms. The Balaban J connectivity index is 2.49. The summed E-state index contributed by atoms with van der Waals surface area (Å²) in [6.45, 7) is 1.80. The van der Waals surface area contributed by atoms with E-state index in [-0.39, 0.29) is 5.88 Å². The molecule has 0 atom stereocenters. The topological polar surface area (TPSA) is 38.0 Å². The summed E-state index contributed by atoms with van der Waals surface area (Å²) in [7, 11) is 0. The van der Waals surface area contributed by atoms with E-state index >= 15 is 0 Å². The van der Waals surface area contributed by atoms with Gasteiger partial charge in [-0.25, -0.2) is 4.68 Å². The normalized spacial score (nSPS) is 10.4. The van der Waals surface area contributed by atoms with E-state index in [4.69, 9.17) is 11.6 Å². The van der Waals surface area contributed by atoms with Gasteiger partial charge in [-0.05, 0) is 31.2 Å². The Morgan fingerprint density at radius 1 is 1.29 bits per heavy atom. The van der Waals surface area contributed by atoms with E-state index in [1.54, 1.807) is 37.4 Å². The van der Waals surface area contributed by atoms with Crippen molar-refractivity contribution in [2.45, 2.75) is 6.92 Å². The number of aryl methyl sites for hydroxylation is 1. The molecule has 0 aliphatic rings. The van der Waals surface area contributed by atoms with E-state index in [2.05, 4.69) is 5.10 Å². The smallest absolute Gasteiger partial charge is 0.217 e. The Bertz CT molecular complexity index is 448. The lowest BCUT2D eigenvalue weighted by molar-refractivity contribution is 0.430. The average molecular weight is 209 g/mol. The third kappa shape index (κ3) is 1.46. The van der Waals surface area contributed by atoms with Gasteiger partial charge in [-0.2, -0.15) is 5.10 Å². The van der Waals surface area contributed by atoms with Crippen molar-refractivity contribution in [1.29, 1.82) is 0 Å². The monoisotopic (exact) mass is 208 g/mol. The number of hydrogen-bond acceptors (Lipinski definition) is 2. The Labute approximate surface area is 86.6 Å². The van der Waals surface area contributed by atoms with E-state index in [9.17, 15) is 5.11 Å². The van der Waals surface area contributed by atoms with Gasteiger partial charge in [0.1, 0.15) is 0 Å². The summed E-state index contributed by atoms with van der Waals surface area (Å²) in [6.07, 6.45) is 1.62. The van der Waals surface area contributed by atoms with Crippen LogP contribution in [0.15, 0.2) is 30.5 Å². The van der Waals surface area contributed by atoms with Gasteiger partial charge in [0.15, 0.2) is 0 Å². The number of benzene rings is 1. The number of halogens is 1. The first kappa shape index (κ1) is 9.09. The van der Waals surface area contributed by atoms with Gasteiger partial charge in [0.2, 0.25) is 5.88 Å². The lowest BCUT2D eigenvalue weighted by atomic mass is 10.3. The van der Waals surface area contributed by atoms with Crippen LogP contribution in [0.4, 0.5) is 0 Å². The minimum absolute atomic E-state index is 0.160. The highest BCUT2D eigenvalue weighted by molar-refractivity contribution is 6.30. The number of rotatable bonds is 1. The highest BCUT2D eigenvalue weighted by Gasteiger charge is 2.06. The maximum atomic E-state index is 9.63. The molecular weight excluding hydrogens is 200 g/mol. The van der Waals surface area contributed by atoms with Gasteiger partial charge in [-0.3, -0.25) is 0 Å². The lowest BCUT2D eigenvalue weighted by Crippen LogP contribution is -1.94. The Hall–Kier alpha value is -1.48. The summed E-state index contributed by atoms with van der Waals surface area (Å²) in [5, 5.41) is 14.3. The quantitative estimate of drug-likeness (QED) is 0.782. The van der Waals surface area contributed by atoms with Crippen LogP contribution in [0.2, 0.25) is 5.02 Å². The van der Waals surface area contributed by atoms with Gasteiger partial charge in [0.25, 0.3) is 0 Å². The van der Waals surface area contributed by atoms with E-state index in [0.717, 1.165) is 11.3 Å². The van der Waals surface area contributed by atoms with Gasteiger partial charge in [0, 0.05) is 10.6 Å². The third-order valence-corrected chi connectivity index (χ3v) is 2.24. The van der Waals surface area contributed by atoms with Crippen molar-refractivity contribution in [1.82, 2.24) is 9.78 Å². The zero-order valence-electron chi connectivity index (χ0n) is 7.61. The second-order valence-corrected chi connectivity index (χ2v) is 3.48. The lowest BCUT2D eigenvalue weighted by Gasteiger charge is -2.02. The van der Waals surface area contributed by atoms with Crippen molar-refractivity contribution in [3.05, 3.63) is 41.0 Å². The molecule has 14 heavy (non-hydrogen) atoms. The van der Waals surface area contributed by atoms with Crippen LogP contribution in [0, 0.1) is 6.92 Å². The summed E-state index contributed by atoms with van der Waals surface area (Å²) in [4.78, 5) is 0. The van der Waals surface area contributed by atoms with Crippen LogP contribution in [-0.4, -0.2) is 14.9 Å². The van der Waals surface area contributed by atoms with Crippen LogP contribution in [0.1, 0.15) is 5.56 Å². The zero-order chi connectivity index (χ0) is 10.1. The van der Waals surface area contributed by atoms with Crippen LogP contribution in [-0.2, 0) is 0 Å². The molecule has 0 spiro atoms. The number of nitrogens with zero attached hydrogens (tertiary/aromatic N) is 2. The molecule has 2 aromatic rings. The molecule has 0 fully saturated rings. The Morgan fingerprint density at radius 2 is 1.93 bits per heavy atom. The van der Waals surface area contributed by atoms with Gasteiger partial charge >= 0.3 is 0 Å². The first-order valence-electron chi connectivity index (χ1n) is 4.18. The van der Waals surface area contributed by atoms with E-state index in [1.165, 1.54) is 4.68 Å². The molecule has 0 aliphatic heterocycles. The van der Waals surface area contributed by atoms with Crippen molar-refractivity contribution < 1.29 is 5.11 Å². The van der Waals surface area contributed by atoms with Crippen molar-refractivity contribution in [2.75, 3.05) is 0 Å².